The molecule has 2 heterocycles. The highest BCUT2D eigenvalue weighted by Crippen LogP contribution is 2.23. The maximum absolute atomic E-state index is 12.2. The number of methoxy groups -OCH3 is 1. The van der Waals surface area contributed by atoms with Gasteiger partial charge in [-0.3, -0.25) is 4.79 Å². The largest absolute Gasteiger partial charge is 0.497 e. The number of carbonyl (C=O) groups excluding carboxylic acids is 1. The van der Waals surface area contributed by atoms with Crippen molar-refractivity contribution in [2.24, 2.45) is 0 Å². The molecule has 0 radical (unpaired) electrons. The number of carbonyl (C=O) groups is 1. The van der Waals surface area contributed by atoms with E-state index in [1.165, 1.54) is 0 Å². The Kier molecular flexibility index (Phi) is 5.35. The molecule has 0 aliphatic heterocycles. The third-order valence-corrected chi connectivity index (χ3v) is 4.33. The summed E-state index contributed by atoms with van der Waals surface area (Å²) in [4.78, 5) is 17.5. The quantitative estimate of drug-likeness (QED) is 0.700. The van der Waals surface area contributed by atoms with Crippen LogP contribution in [0.4, 0.5) is 0 Å². The van der Waals surface area contributed by atoms with Crippen LogP contribution in [0, 0.1) is 0 Å². The molecule has 0 fully saturated rings. The van der Waals surface area contributed by atoms with Gasteiger partial charge in [0.05, 0.1) is 24.2 Å². The van der Waals surface area contributed by atoms with Gasteiger partial charge in [-0.15, -0.1) is 11.3 Å². The Bertz CT molecular complexity index is 812. The summed E-state index contributed by atoms with van der Waals surface area (Å²) < 4.78 is 16.1. The molecule has 0 spiro atoms. The van der Waals surface area contributed by atoms with Gasteiger partial charge in [0.1, 0.15) is 17.8 Å². The summed E-state index contributed by atoms with van der Waals surface area (Å²) in [6, 6.07) is 10.9. The smallest absolute Gasteiger partial charge is 0.261 e. The van der Waals surface area contributed by atoms with Crippen molar-refractivity contribution in [2.75, 3.05) is 7.11 Å². The van der Waals surface area contributed by atoms with E-state index in [9.17, 15) is 4.79 Å². The van der Waals surface area contributed by atoms with Gasteiger partial charge in [-0.1, -0.05) is 6.07 Å². The van der Waals surface area contributed by atoms with Crippen molar-refractivity contribution < 1.29 is 18.7 Å². The molecule has 2 aromatic heterocycles. The van der Waals surface area contributed by atoms with Gasteiger partial charge < -0.3 is 19.2 Å². The van der Waals surface area contributed by atoms with Crippen LogP contribution in [0.15, 0.2) is 52.5 Å². The lowest BCUT2D eigenvalue weighted by atomic mass is 10.3. The van der Waals surface area contributed by atoms with E-state index in [0.717, 1.165) is 10.6 Å². The van der Waals surface area contributed by atoms with E-state index in [0.29, 0.717) is 17.3 Å². The minimum Gasteiger partial charge on any atom is -0.497 e. The number of hydrogen-bond acceptors (Lipinski definition) is 6. The van der Waals surface area contributed by atoms with Crippen molar-refractivity contribution in [3.05, 3.63) is 53.7 Å². The van der Waals surface area contributed by atoms with Gasteiger partial charge in [0.15, 0.2) is 6.10 Å². The average molecular weight is 358 g/mol. The fraction of sp³-hybridized carbons (Fsp3) is 0.222. The number of benzene rings is 1. The molecule has 6 nitrogen and oxygen atoms in total. The molecule has 0 saturated heterocycles. The van der Waals surface area contributed by atoms with Gasteiger partial charge in [0.25, 0.3) is 5.91 Å². The van der Waals surface area contributed by atoms with Gasteiger partial charge in [-0.2, -0.15) is 0 Å². The van der Waals surface area contributed by atoms with Crippen LogP contribution in [-0.4, -0.2) is 24.1 Å². The summed E-state index contributed by atoms with van der Waals surface area (Å²) >= 11 is 1.55. The molecule has 1 N–H and O–H groups in total. The van der Waals surface area contributed by atoms with Gasteiger partial charge in [-0.05, 0) is 42.6 Å². The van der Waals surface area contributed by atoms with E-state index >= 15 is 0 Å². The Hall–Kier alpha value is -2.80. The zero-order chi connectivity index (χ0) is 17.6. The van der Waals surface area contributed by atoms with Crippen molar-refractivity contribution in [2.45, 2.75) is 19.6 Å². The molecule has 3 rings (SSSR count). The van der Waals surface area contributed by atoms with E-state index in [-0.39, 0.29) is 12.5 Å². The third kappa shape index (κ3) is 4.39. The van der Waals surface area contributed by atoms with E-state index in [2.05, 4.69) is 10.3 Å². The number of nitrogens with one attached hydrogen (secondary N) is 1. The fourth-order valence-corrected chi connectivity index (χ4v) is 2.79. The summed E-state index contributed by atoms with van der Waals surface area (Å²) in [6.45, 7) is 1.98. The molecule has 3 aromatic rings. The summed E-state index contributed by atoms with van der Waals surface area (Å²) in [5.74, 6) is 1.67. The number of rotatable bonds is 7. The first-order valence-electron chi connectivity index (χ1n) is 7.72. The normalized spacial score (nSPS) is 11.8. The summed E-state index contributed by atoms with van der Waals surface area (Å²) in [7, 11) is 1.60. The molecular weight excluding hydrogens is 340 g/mol. The Balaban J connectivity index is 1.51. The van der Waals surface area contributed by atoms with Gasteiger partial charge in [-0.25, -0.2) is 4.98 Å². The Labute approximate surface area is 149 Å². The van der Waals surface area contributed by atoms with E-state index < -0.39 is 6.10 Å². The molecule has 130 valence electrons. The first-order valence-corrected chi connectivity index (χ1v) is 8.60. The van der Waals surface area contributed by atoms with Gasteiger partial charge in [0.2, 0.25) is 5.89 Å². The monoisotopic (exact) mass is 358 g/mol. The van der Waals surface area contributed by atoms with Crippen molar-refractivity contribution in [1.29, 1.82) is 0 Å². The summed E-state index contributed by atoms with van der Waals surface area (Å²) in [5, 5.41) is 4.75. The molecule has 0 aliphatic rings. The Morgan fingerprint density at radius 1 is 1.28 bits per heavy atom. The maximum atomic E-state index is 12.2. The predicted molar refractivity (Wildman–Crippen MR) is 94.7 cm³/mol. The molecule has 25 heavy (non-hydrogen) atoms. The number of amides is 1. The molecule has 7 heteroatoms. The predicted octanol–water partition coefficient (Wildman–Crippen LogP) is 3.50. The van der Waals surface area contributed by atoms with Crippen molar-refractivity contribution in [3.8, 4) is 22.3 Å². The molecule has 0 bridgehead atoms. The number of oxazole rings is 1. The minimum atomic E-state index is -0.628. The van der Waals surface area contributed by atoms with Crippen LogP contribution in [0.25, 0.3) is 10.8 Å². The van der Waals surface area contributed by atoms with Crippen LogP contribution >= 0.6 is 11.3 Å². The second-order valence-electron chi connectivity index (χ2n) is 5.27. The lowest BCUT2D eigenvalue weighted by Gasteiger charge is -2.14. The lowest BCUT2D eigenvalue weighted by Crippen LogP contribution is -2.35. The zero-order valence-corrected chi connectivity index (χ0v) is 14.7. The second kappa shape index (κ2) is 7.85. The standard InChI is InChI=1S/C18H18N2O4S/c1-12(24-15-7-5-14(22-2)6-8-15)17(21)19-10-13-11-23-18(20-13)16-4-3-9-25-16/h3-9,11-12H,10H2,1-2H3,(H,19,21). The number of aromatic nitrogens is 1. The molecule has 0 aliphatic carbocycles. The highest BCUT2D eigenvalue weighted by atomic mass is 32.1. The fourth-order valence-electron chi connectivity index (χ4n) is 2.13. The Morgan fingerprint density at radius 3 is 2.72 bits per heavy atom. The lowest BCUT2D eigenvalue weighted by molar-refractivity contribution is -0.127. The molecular formula is C18H18N2O4S. The highest BCUT2D eigenvalue weighted by molar-refractivity contribution is 7.13. The van der Waals surface area contributed by atoms with Gasteiger partial charge >= 0.3 is 0 Å². The van der Waals surface area contributed by atoms with Crippen molar-refractivity contribution in [3.63, 3.8) is 0 Å². The third-order valence-electron chi connectivity index (χ3n) is 3.47. The molecule has 1 unspecified atom stereocenters. The summed E-state index contributed by atoms with van der Waals surface area (Å²) in [6.07, 6.45) is 0.918. The number of thiophene rings is 1. The molecule has 1 amide bonds. The van der Waals surface area contributed by atoms with Crippen LogP contribution in [-0.2, 0) is 11.3 Å². The second-order valence-corrected chi connectivity index (χ2v) is 6.22. The number of nitrogens with zero attached hydrogens (tertiary/aromatic N) is 1. The van der Waals surface area contributed by atoms with Crippen LogP contribution in [0.2, 0.25) is 0 Å². The van der Waals surface area contributed by atoms with Crippen LogP contribution in [0.1, 0.15) is 12.6 Å². The Morgan fingerprint density at radius 2 is 2.04 bits per heavy atom. The molecule has 1 atom stereocenters. The van der Waals surface area contributed by atoms with Gasteiger partial charge in [0, 0.05) is 0 Å². The van der Waals surface area contributed by atoms with E-state index in [1.54, 1.807) is 55.9 Å². The number of hydrogen-bond donors (Lipinski definition) is 1. The zero-order valence-electron chi connectivity index (χ0n) is 13.9. The van der Waals surface area contributed by atoms with E-state index in [1.807, 2.05) is 17.5 Å². The number of ether oxygens (including phenoxy) is 2. The minimum absolute atomic E-state index is 0.225. The highest BCUT2D eigenvalue weighted by Gasteiger charge is 2.15. The topological polar surface area (TPSA) is 73.6 Å². The molecule has 0 saturated carbocycles. The van der Waals surface area contributed by atoms with Crippen LogP contribution in [0.5, 0.6) is 11.5 Å². The molecule has 1 aromatic carbocycles. The first kappa shape index (κ1) is 17.0. The maximum Gasteiger partial charge on any atom is 0.261 e. The van der Waals surface area contributed by atoms with E-state index in [4.69, 9.17) is 13.9 Å². The SMILES string of the molecule is COc1ccc(OC(C)C(=O)NCc2coc(-c3cccs3)n2)cc1. The van der Waals surface area contributed by atoms with Crippen molar-refractivity contribution >= 4 is 17.2 Å². The van der Waals surface area contributed by atoms with Crippen molar-refractivity contribution in [1.82, 2.24) is 10.3 Å². The first-order chi connectivity index (χ1) is 12.2. The van der Waals surface area contributed by atoms with Crippen LogP contribution < -0.4 is 14.8 Å². The summed E-state index contributed by atoms with van der Waals surface area (Å²) in [5.41, 5.74) is 0.661. The van der Waals surface area contributed by atoms with Crippen LogP contribution in [0.3, 0.4) is 0 Å². The average Bonchev–Trinajstić information content (AvgIpc) is 3.31.